The smallest absolute Gasteiger partial charge is 0.189 e. The molecule has 7 heteroatoms. The minimum Gasteiger partial charge on any atom is -0.305 e. The second kappa shape index (κ2) is 8.56. The topological polar surface area (TPSA) is 98.5 Å². The van der Waals surface area contributed by atoms with E-state index in [1.54, 1.807) is 0 Å². The molecule has 158 valence electrons. The van der Waals surface area contributed by atoms with E-state index in [2.05, 4.69) is 11.0 Å². The van der Waals surface area contributed by atoms with Gasteiger partial charge in [-0.1, -0.05) is 54.1 Å². The Kier molecular flexibility index (Phi) is 5.81. The van der Waals surface area contributed by atoms with Crippen LogP contribution in [0.5, 0.6) is 0 Å². The lowest BCUT2D eigenvalue weighted by molar-refractivity contribution is 0.196. The molecule has 0 spiro atoms. The third-order valence-corrected chi connectivity index (χ3v) is 6.76. The second-order valence-electron chi connectivity index (χ2n) is 8.11. The van der Waals surface area contributed by atoms with Crippen molar-refractivity contribution in [1.82, 2.24) is 4.90 Å². The van der Waals surface area contributed by atoms with Crippen LogP contribution in [0.1, 0.15) is 17.0 Å². The van der Waals surface area contributed by atoms with E-state index < -0.39 is 29.0 Å². The zero-order valence-corrected chi connectivity index (χ0v) is 17.9. The Balaban J connectivity index is 1.87. The number of hydrogen-bond acceptors (Lipinski definition) is 5. The summed E-state index contributed by atoms with van der Waals surface area (Å²) in [6.45, 7) is 1.59. The van der Waals surface area contributed by atoms with Gasteiger partial charge in [-0.3, -0.25) is 4.90 Å². The van der Waals surface area contributed by atoms with Crippen molar-refractivity contribution in [1.29, 1.82) is 21.2 Å². The first-order chi connectivity index (χ1) is 15.5. The summed E-state index contributed by atoms with van der Waals surface area (Å²) in [4.78, 5) is 2.13. The first-order valence-corrected chi connectivity index (χ1v) is 10.6. The molecule has 1 saturated carbocycles. The molecule has 32 heavy (non-hydrogen) atoms. The summed E-state index contributed by atoms with van der Waals surface area (Å²) in [5.41, 5.74) is -0.502. The van der Waals surface area contributed by atoms with Crippen molar-refractivity contribution in [3.8, 4) is 18.2 Å². The Morgan fingerprint density at radius 3 is 2.44 bits per heavy atom. The molecule has 0 radical (unpaired) electrons. The molecular formula is C25H19ClFN5. The van der Waals surface area contributed by atoms with E-state index in [1.807, 2.05) is 48.5 Å². The van der Waals surface area contributed by atoms with E-state index in [-0.39, 0.29) is 16.3 Å². The average Bonchev–Trinajstić information content (AvgIpc) is 2.80. The van der Waals surface area contributed by atoms with Crippen molar-refractivity contribution in [2.75, 3.05) is 13.1 Å². The molecule has 1 aliphatic heterocycles. The summed E-state index contributed by atoms with van der Waals surface area (Å²) in [7, 11) is 0. The van der Waals surface area contributed by atoms with Crippen molar-refractivity contribution in [2.45, 2.75) is 12.5 Å². The summed E-state index contributed by atoms with van der Waals surface area (Å²) < 4.78 is 15.1. The third kappa shape index (κ3) is 3.37. The quantitative estimate of drug-likeness (QED) is 0.687. The van der Waals surface area contributed by atoms with Crippen LogP contribution in [0, 0.1) is 62.5 Å². The van der Waals surface area contributed by atoms with Gasteiger partial charge in [-0.25, -0.2) is 4.39 Å². The molecule has 0 saturated heterocycles. The lowest BCUT2D eigenvalue weighted by atomic mass is 9.54. The van der Waals surface area contributed by atoms with Crippen LogP contribution >= 0.6 is 11.6 Å². The van der Waals surface area contributed by atoms with Crippen molar-refractivity contribution in [3.05, 3.63) is 82.1 Å². The maximum atomic E-state index is 15.1. The summed E-state index contributed by atoms with van der Waals surface area (Å²) in [6, 6.07) is 20.1. The van der Waals surface area contributed by atoms with Gasteiger partial charge in [0, 0.05) is 42.1 Å². The number of halogens is 2. The van der Waals surface area contributed by atoms with E-state index in [0.29, 0.717) is 25.2 Å². The molecule has 3 atom stereocenters. The van der Waals surface area contributed by atoms with E-state index in [9.17, 15) is 15.8 Å². The zero-order chi connectivity index (χ0) is 22.9. The lowest BCUT2D eigenvalue weighted by Gasteiger charge is -2.48. The number of nitriles is 3. The number of hydrogen-bond donors (Lipinski definition) is 1. The van der Waals surface area contributed by atoms with Gasteiger partial charge in [0.15, 0.2) is 5.41 Å². The van der Waals surface area contributed by atoms with Gasteiger partial charge in [-0.2, -0.15) is 15.8 Å². The van der Waals surface area contributed by atoms with E-state index >= 15 is 4.39 Å². The van der Waals surface area contributed by atoms with Gasteiger partial charge in [0.05, 0.1) is 23.9 Å². The first kappa shape index (κ1) is 21.7. The molecule has 1 aliphatic carbocycles. The largest absolute Gasteiger partial charge is 0.305 e. The summed E-state index contributed by atoms with van der Waals surface area (Å²) in [5, 5.41) is 38.8. The Morgan fingerprint density at radius 2 is 1.81 bits per heavy atom. The van der Waals surface area contributed by atoms with Crippen LogP contribution in [0.2, 0.25) is 5.02 Å². The average molecular weight is 444 g/mol. The van der Waals surface area contributed by atoms with Gasteiger partial charge in [-0.05, 0) is 23.3 Å². The molecule has 4 rings (SSSR count). The summed E-state index contributed by atoms with van der Waals surface area (Å²) >= 11 is 6.39. The van der Waals surface area contributed by atoms with Gasteiger partial charge >= 0.3 is 0 Å². The maximum Gasteiger partial charge on any atom is 0.189 e. The highest BCUT2D eigenvalue weighted by Gasteiger charge is 2.58. The van der Waals surface area contributed by atoms with Crippen LogP contribution in [0.25, 0.3) is 0 Å². The summed E-state index contributed by atoms with van der Waals surface area (Å²) in [6.07, 6.45) is 1.89. The number of rotatable bonds is 3. The molecule has 3 unspecified atom stereocenters. The van der Waals surface area contributed by atoms with E-state index in [0.717, 1.165) is 5.56 Å². The SMILES string of the molecule is N#CC1C(=N)C(C#N)(C#N)C(c2c(F)cccc2Cl)C2CN(Cc3ccccc3)CC=C12. The number of nitrogens with one attached hydrogen (secondary N) is 1. The van der Waals surface area contributed by atoms with Crippen molar-refractivity contribution in [3.63, 3.8) is 0 Å². The summed E-state index contributed by atoms with van der Waals surface area (Å²) in [5.74, 6) is -3.15. The van der Waals surface area contributed by atoms with Crippen LogP contribution in [0.3, 0.4) is 0 Å². The third-order valence-electron chi connectivity index (χ3n) is 6.43. The second-order valence-corrected chi connectivity index (χ2v) is 8.52. The minimum atomic E-state index is -2.00. The van der Waals surface area contributed by atoms with Gasteiger partial charge in [0.1, 0.15) is 11.7 Å². The Hall–Kier alpha value is -3.50. The highest BCUT2D eigenvalue weighted by Crippen LogP contribution is 2.55. The molecule has 1 heterocycles. The highest BCUT2D eigenvalue weighted by molar-refractivity contribution is 6.31. The fourth-order valence-electron chi connectivity index (χ4n) is 4.96. The minimum absolute atomic E-state index is 0.0517. The fraction of sp³-hybridized carbons (Fsp3) is 0.280. The lowest BCUT2D eigenvalue weighted by Crippen LogP contribution is -2.53. The molecule has 1 fully saturated rings. The fourth-order valence-corrected chi connectivity index (χ4v) is 5.24. The normalized spacial score (nSPS) is 24.4. The van der Waals surface area contributed by atoms with Crippen LogP contribution in [0.4, 0.5) is 4.39 Å². The molecular weight excluding hydrogens is 425 g/mol. The van der Waals surface area contributed by atoms with E-state index in [4.69, 9.17) is 17.0 Å². The highest BCUT2D eigenvalue weighted by atomic mass is 35.5. The molecule has 0 aromatic heterocycles. The Labute approximate surface area is 191 Å². The van der Waals surface area contributed by atoms with Gasteiger partial charge < -0.3 is 5.41 Å². The van der Waals surface area contributed by atoms with Crippen molar-refractivity contribution >= 4 is 17.3 Å². The van der Waals surface area contributed by atoms with Crippen LogP contribution in [0.15, 0.2) is 60.2 Å². The Morgan fingerprint density at radius 1 is 1.09 bits per heavy atom. The zero-order valence-electron chi connectivity index (χ0n) is 17.1. The Bertz CT molecular complexity index is 1180. The molecule has 2 aromatic carbocycles. The number of fused-ring (bicyclic) bond motifs is 1. The first-order valence-electron chi connectivity index (χ1n) is 10.2. The molecule has 2 aromatic rings. The molecule has 2 aliphatic rings. The van der Waals surface area contributed by atoms with Crippen molar-refractivity contribution < 1.29 is 4.39 Å². The van der Waals surface area contributed by atoms with Crippen LogP contribution in [-0.4, -0.2) is 23.7 Å². The number of benzene rings is 2. The van der Waals surface area contributed by atoms with Crippen LogP contribution in [-0.2, 0) is 6.54 Å². The van der Waals surface area contributed by atoms with Gasteiger partial charge in [0.2, 0.25) is 0 Å². The maximum absolute atomic E-state index is 15.1. The molecule has 0 bridgehead atoms. The van der Waals surface area contributed by atoms with Crippen molar-refractivity contribution in [2.24, 2.45) is 17.3 Å². The monoisotopic (exact) mass is 443 g/mol. The van der Waals surface area contributed by atoms with E-state index in [1.165, 1.54) is 18.2 Å². The molecule has 0 amide bonds. The molecule has 5 nitrogen and oxygen atoms in total. The predicted molar refractivity (Wildman–Crippen MR) is 118 cm³/mol. The van der Waals surface area contributed by atoms with Crippen LogP contribution < -0.4 is 0 Å². The van der Waals surface area contributed by atoms with Gasteiger partial charge in [-0.15, -0.1) is 0 Å². The number of nitrogens with zero attached hydrogens (tertiary/aromatic N) is 4. The van der Waals surface area contributed by atoms with Gasteiger partial charge in [0.25, 0.3) is 0 Å². The standard InChI is InChI=1S/C25H19ClFN5/c26-20-7-4-8-21(27)22(20)23-19-13-32(12-16-5-2-1-3-6-16)10-9-17(19)18(11-28)24(31)25(23,14-29)15-30/h1-9,18-19,23,31H,10,12-13H2. The predicted octanol–water partition coefficient (Wildman–Crippen LogP) is 4.83. The molecule has 1 N–H and O–H groups in total.